The molecular formula is C98H68N4. The van der Waals surface area contributed by atoms with Crippen molar-refractivity contribution in [1.82, 2.24) is 18.3 Å². The fraction of sp³-hybridized carbons (Fsp3) is 0.0204. The molecule has 0 spiro atoms. The smallest absolute Gasteiger partial charge is 0.0543 e. The molecule has 0 radical (unpaired) electrons. The normalized spacial score (nSPS) is 11.6. The molecule has 480 valence electrons. The number of benzene rings is 16. The van der Waals surface area contributed by atoms with Crippen LogP contribution in [0.3, 0.4) is 0 Å². The van der Waals surface area contributed by atoms with Crippen LogP contribution in [0.4, 0.5) is 0 Å². The van der Waals surface area contributed by atoms with Crippen LogP contribution in [-0.4, -0.2) is 18.3 Å². The van der Waals surface area contributed by atoms with Crippen LogP contribution in [0.2, 0.25) is 0 Å². The van der Waals surface area contributed by atoms with Gasteiger partial charge in [0.15, 0.2) is 0 Å². The number of aromatic nitrogens is 4. The van der Waals surface area contributed by atoms with Crippen LogP contribution in [0, 0.1) is 13.8 Å². The summed E-state index contributed by atoms with van der Waals surface area (Å²) in [6.45, 7) is 4.31. The van der Waals surface area contributed by atoms with E-state index in [2.05, 4.69) is 408 Å². The monoisotopic (exact) mass is 1300 g/mol. The Balaban J connectivity index is 0.000000141. The van der Waals surface area contributed by atoms with Crippen LogP contribution >= 0.6 is 0 Å². The van der Waals surface area contributed by atoms with Gasteiger partial charge in [0.1, 0.15) is 0 Å². The lowest BCUT2D eigenvalue weighted by Crippen LogP contribution is -1.95. The molecule has 16 aromatic carbocycles. The average molecular weight is 1300 g/mol. The quantitative estimate of drug-likeness (QED) is 0.130. The van der Waals surface area contributed by atoms with Gasteiger partial charge in [-0.25, -0.2) is 0 Å². The summed E-state index contributed by atoms with van der Waals surface area (Å²) in [6.07, 6.45) is 0. The van der Waals surface area contributed by atoms with E-state index in [1.54, 1.807) is 0 Å². The first-order valence-electron chi connectivity index (χ1n) is 35.2. The molecule has 0 amide bonds. The number of nitrogens with zero attached hydrogens (tertiary/aromatic N) is 4. The van der Waals surface area contributed by atoms with Gasteiger partial charge in [-0.05, 0) is 207 Å². The predicted molar refractivity (Wildman–Crippen MR) is 432 cm³/mol. The summed E-state index contributed by atoms with van der Waals surface area (Å²) >= 11 is 0. The SMILES string of the molecule is Cc1ccc(-c2cccc(-n3c4ccccc4c4cc(-c5ccc6c(c5)c5ccccc5n6-c5cccc(-c6ccccc6)c5)ccc43)c2)cc1.Cc1ccc2c3cc(-c4ccc5c(c4)c4ccccc4n5-c4cccc(-c5ccccc5)c4)ccc3n(-c3cccc(-c4ccccc4)c3)c2c1. The van der Waals surface area contributed by atoms with Crippen molar-refractivity contribution in [2.24, 2.45) is 0 Å². The van der Waals surface area contributed by atoms with Crippen LogP contribution in [0.1, 0.15) is 11.1 Å². The summed E-state index contributed by atoms with van der Waals surface area (Å²) in [4.78, 5) is 0. The van der Waals surface area contributed by atoms with Gasteiger partial charge >= 0.3 is 0 Å². The Morgan fingerprint density at radius 2 is 0.373 bits per heavy atom. The van der Waals surface area contributed by atoms with Crippen LogP contribution in [0.15, 0.2) is 376 Å². The van der Waals surface area contributed by atoms with Gasteiger partial charge in [0.2, 0.25) is 0 Å². The number of hydrogen-bond acceptors (Lipinski definition) is 0. The maximum atomic E-state index is 2.42. The predicted octanol–water partition coefficient (Wildman–Crippen LogP) is 26.4. The molecule has 0 aliphatic carbocycles. The molecule has 0 unspecified atom stereocenters. The maximum absolute atomic E-state index is 2.42. The first-order valence-corrected chi connectivity index (χ1v) is 35.2. The first kappa shape index (κ1) is 59.9. The molecule has 0 fully saturated rings. The van der Waals surface area contributed by atoms with E-state index in [0.717, 1.165) is 17.1 Å². The van der Waals surface area contributed by atoms with E-state index < -0.39 is 0 Å². The topological polar surface area (TPSA) is 19.7 Å². The molecule has 0 aliphatic heterocycles. The minimum absolute atomic E-state index is 1.16. The van der Waals surface area contributed by atoms with Crippen molar-refractivity contribution in [2.45, 2.75) is 13.8 Å². The second-order valence-electron chi connectivity index (χ2n) is 27.0. The Hall–Kier alpha value is -13.3. The lowest BCUT2D eigenvalue weighted by Gasteiger charge is -2.11. The van der Waals surface area contributed by atoms with Crippen molar-refractivity contribution in [3.8, 4) is 89.5 Å². The van der Waals surface area contributed by atoms with Crippen molar-refractivity contribution >= 4 is 87.2 Å². The Bertz CT molecular complexity index is 6620. The van der Waals surface area contributed by atoms with Crippen molar-refractivity contribution in [2.75, 3.05) is 0 Å². The molecule has 0 atom stereocenters. The number of para-hydroxylation sites is 3. The highest BCUT2D eigenvalue weighted by Crippen LogP contribution is 2.43. The van der Waals surface area contributed by atoms with E-state index >= 15 is 0 Å². The Morgan fingerprint density at radius 3 is 0.706 bits per heavy atom. The van der Waals surface area contributed by atoms with E-state index in [-0.39, 0.29) is 0 Å². The molecule has 0 saturated carbocycles. The van der Waals surface area contributed by atoms with Gasteiger partial charge in [0.05, 0.1) is 44.1 Å². The minimum Gasteiger partial charge on any atom is -0.309 e. The molecule has 20 rings (SSSR count). The van der Waals surface area contributed by atoms with Crippen LogP contribution in [-0.2, 0) is 0 Å². The van der Waals surface area contributed by atoms with Gasteiger partial charge in [-0.2, -0.15) is 0 Å². The van der Waals surface area contributed by atoms with Gasteiger partial charge in [-0.1, -0.05) is 260 Å². The molecule has 0 saturated heterocycles. The van der Waals surface area contributed by atoms with E-state index in [0.29, 0.717) is 0 Å². The zero-order chi connectivity index (χ0) is 67.8. The van der Waals surface area contributed by atoms with Crippen LogP contribution in [0.25, 0.3) is 177 Å². The van der Waals surface area contributed by atoms with E-state index in [4.69, 9.17) is 0 Å². The Morgan fingerprint density at radius 1 is 0.137 bits per heavy atom. The van der Waals surface area contributed by atoms with Gasteiger partial charge < -0.3 is 18.3 Å². The second-order valence-corrected chi connectivity index (χ2v) is 27.0. The molecule has 0 N–H and O–H groups in total. The van der Waals surface area contributed by atoms with E-state index in [9.17, 15) is 0 Å². The van der Waals surface area contributed by atoms with Gasteiger partial charge in [-0.15, -0.1) is 0 Å². The summed E-state index contributed by atoms with van der Waals surface area (Å²) in [6, 6.07) is 137. The lowest BCUT2D eigenvalue weighted by molar-refractivity contribution is 1.18. The number of aryl methyl sites for hydroxylation is 2. The van der Waals surface area contributed by atoms with Crippen LogP contribution < -0.4 is 0 Å². The van der Waals surface area contributed by atoms with Gasteiger partial charge in [-0.3, -0.25) is 0 Å². The zero-order valence-corrected chi connectivity index (χ0v) is 56.6. The minimum atomic E-state index is 1.16. The summed E-state index contributed by atoms with van der Waals surface area (Å²) in [5.41, 5.74) is 31.5. The number of hydrogen-bond donors (Lipinski definition) is 0. The van der Waals surface area contributed by atoms with Crippen LogP contribution in [0.5, 0.6) is 0 Å². The average Bonchev–Trinajstić information content (AvgIpc) is 1.59. The van der Waals surface area contributed by atoms with Crippen molar-refractivity contribution in [1.29, 1.82) is 0 Å². The zero-order valence-electron chi connectivity index (χ0n) is 56.6. The molecule has 0 bridgehead atoms. The molecular weight excluding hydrogens is 1230 g/mol. The molecule has 4 aromatic heterocycles. The fourth-order valence-electron chi connectivity index (χ4n) is 15.8. The third kappa shape index (κ3) is 10.5. The summed E-state index contributed by atoms with van der Waals surface area (Å²) in [5, 5.41) is 10.0. The first-order chi connectivity index (χ1) is 50.4. The molecule has 102 heavy (non-hydrogen) atoms. The molecule has 4 nitrogen and oxygen atoms in total. The van der Waals surface area contributed by atoms with Crippen molar-refractivity contribution < 1.29 is 0 Å². The van der Waals surface area contributed by atoms with E-state index in [1.807, 2.05) is 0 Å². The largest absolute Gasteiger partial charge is 0.309 e. The summed E-state index contributed by atoms with van der Waals surface area (Å²) < 4.78 is 9.65. The van der Waals surface area contributed by atoms with Crippen molar-refractivity contribution in [3.05, 3.63) is 387 Å². The molecule has 20 aromatic rings. The number of rotatable bonds is 10. The Labute approximate surface area is 592 Å². The van der Waals surface area contributed by atoms with Gasteiger partial charge in [0, 0.05) is 65.8 Å². The third-order valence-corrected chi connectivity index (χ3v) is 20.7. The maximum Gasteiger partial charge on any atom is 0.0543 e. The Kier molecular flexibility index (Phi) is 14.6. The second kappa shape index (κ2) is 24.9. The highest BCUT2D eigenvalue weighted by molar-refractivity contribution is 6.15. The molecule has 0 aliphatic rings. The summed E-state index contributed by atoms with van der Waals surface area (Å²) in [7, 11) is 0. The molecule has 4 heteroatoms. The van der Waals surface area contributed by atoms with E-state index in [1.165, 1.54) is 171 Å². The third-order valence-electron chi connectivity index (χ3n) is 20.7. The van der Waals surface area contributed by atoms with Gasteiger partial charge in [0.25, 0.3) is 0 Å². The summed E-state index contributed by atoms with van der Waals surface area (Å²) in [5.74, 6) is 0. The molecule has 4 heterocycles. The van der Waals surface area contributed by atoms with Crippen molar-refractivity contribution in [3.63, 3.8) is 0 Å². The number of fused-ring (bicyclic) bond motifs is 12. The fourth-order valence-corrected chi connectivity index (χ4v) is 15.8. The highest BCUT2D eigenvalue weighted by atomic mass is 15.0. The standard InChI is InChI=1S/2C49H34N2/c1-33-22-25-43-45-32-39(24-27-48(45)51(49(43)28-33)41-19-11-17-37(30-41)35-14-6-3-7-15-35)38-23-26-47-44(31-38)42-20-8-9-21-46(42)50(47)40-18-10-16-36(29-40)34-12-4-2-5-13-34;1-33-21-23-35(24-22-33)37-14-10-16-41(30-37)51-47-20-8-6-18-43(47)45-32-39(26-28-49(45)51)38-25-27-48-44(31-38)42-17-5-7-19-46(42)50(48)40-15-9-13-36(29-40)34-11-3-2-4-12-34/h2*2-32H,1H3. The lowest BCUT2D eigenvalue weighted by atomic mass is 10.0. The highest BCUT2D eigenvalue weighted by Gasteiger charge is 2.21.